The number of imidazole rings is 1. The second kappa shape index (κ2) is 7.87. The maximum Gasteiger partial charge on any atom is 0.203 e. The Morgan fingerprint density at radius 2 is 2.00 bits per heavy atom. The van der Waals surface area contributed by atoms with Crippen LogP contribution in [-0.4, -0.2) is 16.1 Å². The van der Waals surface area contributed by atoms with Crippen LogP contribution in [0.2, 0.25) is 0 Å². The van der Waals surface area contributed by atoms with Gasteiger partial charge in [-0.15, -0.1) is 0 Å². The summed E-state index contributed by atoms with van der Waals surface area (Å²) in [6, 6.07) is 10.7. The molecule has 0 saturated heterocycles. The van der Waals surface area contributed by atoms with Crippen LogP contribution in [0.4, 0.5) is 5.95 Å². The van der Waals surface area contributed by atoms with Crippen LogP contribution in [-0.2, 0) is 6.54 Å². The van der Waals surface area contributed by atoms with Gasteiger partial charge >= 0.3 is 0 Å². The Labute approximate surface area is 128 Å². The van der Waals surface area contributed by atoms with E-state index in [1.54, 1.807) is 0 Å². The van der Waals surface area contributed by atoms with Crippen LogP contribution in [0, 0.1) is 6.92 Å². The summed E-state index contributed by atoms with van der Waals surface area (Å²) in [5.74, 6) is 1.58. The zero-order chi connectivity index (χ0) is 15.1. The molecule has 0 fully saturated rings. The zero-order valence-corrected chi connectivity index (χ0v) is 13.5. The van der Waals surface area contributed by atoms with E-state index in [4.69, 9.17) is 0 Å². The Kier molecular flexibility index (Phi) is 5.85. The topological polar surface area (TPSA) is 29.9 Å². The number of rotatable bonds is 8. The van der Waals surface area contributed by atoms with E-state index >= 15 is 0 Å². The van der Waals surface area contributed by atoms with Crippen LogP contribution < -0.4 is 5.32 Å². The molecule has 2 aromatic rings. The smallest absolute Gasteiger partial charge is 0.203 e. The minimum atomic E-state index is 0.567. The van der Waals surface area contributed by atoms with Gasteiger partial charge in [-0.1, -0.05) is 50.6 Å². The molecule has 2 rings (SSSR count). The van der Waals surface area contributed by atoms with Gasteiger partial charge in [0.25, 0.3) is 0 Å². The number of benzene rings is 1. The normalized spacial score (nSPS) is 12.3. The molecule has 0 aliphatic rings. The number of unbranched alkanes of at least 4 members (excludes halogenated alkanes) is 1. The molecule has 1 aromatic heterocycles. The van der Waals surface area contributed by atoms with E-state index < -0.39 is 0 Å². The molecule has 0 bridgehead atoms. The highest BCUT2D eigenvalue weighted by atomic mass is 15.2. The van der Waals surface area contributed by atoms with Crippen molar-refractivity contribution in [2.45, 2.75) is 52.5 Å². The molecular weight excluding hydrogens is 258 g/mol. The predicted molar refractivity (Wildman–Crippen MR) is 89.8 cm³/mol. The molecule has 0 radical (unpaired) electrons. The van der Waals surface area contributed by atoms with E-state index in [9.17, 15) is 0 Å². The van der Waals surface area contributed by atoms with Crippen molar-refractivity contribution in [3.05, 3.63) is 47.8 Å². The quantitative estimate of drug-likeness (QED) is 0.718. The molecule has 21 heavy (non-hydrogen) atoms. The Bertz CT molecular complexity index is 531. The van der Waals surface area contributed by atoms with Gasteiger partial charge in [-0.25, -0.2) is 4.98 Å². The summed E-state index contributed by atoms with van der Waals surface area (Å²) >= 11 is 0. The van der Waals surface area contributed by atoms with E-state index in [1.807, 2.05) is 0 Å². The van der Waals surface area contributed by atoms with Crippen molar-refractivity contribution >= 4 is 5.95 Å². The van der Waals surface area contributed by atoms with Gasteiger partial charge < -0.3 is 9.88 Å². The molecule has 3 heteroatoms. The highest BCUT2D eigenvalue weighted by Crippen LogP contribution is 2.20. The highest BCUT2D eigenvalue weighted by Gasteiger charge is 2.08. The summed E-state index contributed by atoms with van der Waals surface area (Å²) in [5.41, 5.74) is 2.50. The fraction of sp³-hybridized carbons (Fsp3) is 0.500. The Balaban J connectivity index is 1.93. The number of aryl methyl sites for hydroxylation is 2. The van der Waals surface area contributed by atoms with E-state index in [0.717, 1.165) is 31.2 Å². The number of anilines is 1. The van der Waals surface area contributed by atoms with Crippen LogP contribution in [0.3, 0.4) is 0 Å². The van der Waals surface area contributed by atoms with Gasteiger partial charge in [0.2, 0.25) is 5.95 Å². The molecule has 0 aliphatic carbocycles. The summed E-state index contributed by atoms with van der Waals surface area (Å²) in [5, 5.41) is 3.45. The predicted octanol–water partition coefficient (Wildman–Crippen LogP) is 4.60. The van der Waals surface area contributed by atoms with Gasteiger partial charge in [0.15, 0.2) is 0 Å². The van der Waals surface area contributed by atoms with Crippen molar-refractivity contribution in [2.24, 2.45) is 0 Å². The van der Waals surface area contributed by atoms with Crippen LogP contribution in [0.15, 0.2) is 36.5 Å². The van der Waals surface area contributed by atoms with Crippen LogP contribution in [0.1, 0.15) is 50.3 Å². The van der Waals surface area contributed by atoms with E-state index in [2.05, 4.69) is 72.2 Å². The van der Waals surface area contributed by atoms with Crippen LogP contribution in [0.5, 0.6) is 0 Å². The first-order chi connectivity index (χ1) is 10.2. The molecule has 1 aromatic carbocycles. The monoisotopic (exact) mass is 285 g/mol. The lowest BCUT2D eigenvalue weighted by Gasteiger charge is -2.14. The highest BCUT2D eigenvalue weighted by molar-refractivity contribution is 5.28. The van der Waals surface area contributed by atoms with Gasteiger partial charge in [0.1, 0.15) is 0 Å². The third kappa shape index (κ3) is 4.62. The number of nitrogens with zero attached hydrogens (tertiary/aromatic N) is 2. The minimum absolute atomic E-state index is 0.567. The number of aromatic nitrogens is 2. The summed E-state index contributed by atoms with van der Waals surface area (Å²) in [7, 11) is 0. The first-order valence-corrected chi connectivity index (χ1v) is 8.03. The second-order valence-corrected chi connectivity index (χ2v) is 5.78. The molecule has 1 N–H and O–H groups in total. The maximum atomic E-state index is 4.58. The maximum absolute atomic E-state index is 4.58. The van der Waals surface area contributed by atoms with Gasteiger partial charge in [0.05, 0.1) is 5.69 Å². The Morgan fingerprint density at radius 3 is 2.71 bits per heavy atom. The standard InChI is InChI=1S/C18H27N3/c1-4-5-12-19-18-20-16(3)14-21(18)13-11-15(2)17-9-7-6-8-10-17/h6-10,14-15H,4-5,11-13H2,1-3H3,(H,19,20). The summed E-state index contributed by atoms with van der Waals surface area (Å²) in [6.45, 7) is 8.57. The SMILES string of the molecule is CCCCNc1nc(C)cn1CCC(C)c1ccccc1. The zero-order valence-electron chi connectivity index (χ0n) is 13.5. The summed E-state index contributed by atoms with van der Waals surface area (Å²) in [4.78, 5) is 4.58. The molecule has 3 nitrogen and oxygen atoms in total. The van der Waals surface area contributed by atoms with E-state index in [1.165, 1.54) is 18.4 Å². The first-order valence-electron chi connectivity index (χ1n) is 8.03. The first kappa shape index (κ1) is 15.6. The summed E-state index contributed by atoms with van der Waals surface area (Å²) < 4.78 is 2.25. The Morgan fingerprint density at radius 1 is 1.24 bits per heavy atom. The number of hydrogen-bond donors (Lipinski definition) is 1. The van der Waals surface area contributed by atoms with Crippen molar-refractivity contribution in [2.75, 3.05) is 11.9 Å². The number of nitrogens with one attached hydrogen (secondary N) is 1. The molecular formula is C18H27N3. The molecule has 1 atom stereocenters. The van der Waals surface area contributed by atoms with Crippen LogP contribution in [0.25, 0.3) is 0 Å². The second-order valence-electron chi connectivity index (χ2n) is 5.78. The molecule has 1 heterocycles. The average molecular weight is 285 g/mol. The van der Waals surface area contributed by atoms with E-state index in [0.29, 0.717) is 5.92 Å². The molecule has 0 aliphatic heterocycles. The molecule has 114 valence electrons. The van der Waals surface area contributed by atoms with Gasteiger partial charge in [0, 0.05) is 19.3 Å². The minimum Gasteiger partial charge on any atom is -0.356 e. The van der Waals surface area contributed by atoms with Gasteiger partial charge in [-0.05, 0) is 31.2 Å². The lowest BCUT2D eigenvalue weighted by atomic mass is 9.98. The van der Waals surface area contributed by atoms with Crippen molar-refractivity contribution in [3.63, 3.8) is 0 Å². The van der Waals surface area contributed by atoms with Crippen molar-refractivity contribution in [3.8, 4) is 0 Å². The van der Waals surface area contributed by atoms with Gasteiger partial charge in [-0.3, -0.25) is 0 Å². The Hall–Kier alpha value is -1.77. The summed E-state index contributed by atoms with van der Waals surface area (Å²) in [6.07, 6.45) is 5.67. The molecule has 0 amide bonds. The van der Waals surface area contributed by atoms with Crippen molar-refractivity contribution < 1.29 is 0 Å². The average Bonchev–Trinajstić information content (AvgIpc) is 2.86. The van der Waals surface area contributed by atoms with Crippen LogP contribution >= 0.6 is 0 Å². The van der Waals surface area contributed by atoms with Gasteiger partial charge in [-0.2, -0.15) is 0 Å². The lowest BCUT2D eigenvalue weighted by molar-refractivity contribution is 0.578. The fourth-order valence-electron chi connectivity index (χ4n) is 2.52. The largest absolute Gasteiger partial charge is 0.356 e. The molecule has 0 spiro atoms. The molecule has 1 unspecified atom stereocenters. The number of hydrogen-bond acceptors (Lipinski definition) is 2. The van der Waals surface area contributed by atoms with Crippen molar-refractivity contribution in [1.82, 2.24) is 9.55 Å². The lowest BCUT2D eigenvalue weighted by Crippen LogP contribution is -2.10. The van der Waals surface area contributed by atoms with E-state index in [-0.39, 0.29) is 0 Å². The molecule has 0 saturated carbocycles. The third-order valence-electron chi connectivity index (χ3n) is 3.88. The van der Waals surface area contributed by atoms with Crippen molar-refractivity contribution in [1.29, 1.82) is 0 Å². The fourth-order valence-corrected chi connectivity index (χ4v) is 2.52. The third-order valence-corrected chi connectivity index (χ3v) is 3.88.